The molecule has 1 aromatic carbocycles. The number of nitrogens with zero attached hydrogens (tertiary/aromatic N) is 4. The minimum atomic E-state index is -4.33. The van der Waals surface area contributed by atoms with Crippen molar-refractivity contribution < 1.29 is 38.0 Å². The van der Waals surface area contributed by atoms with Crippen LogP contribution in [0.2, 0.25) is 18.1 Å². The van der Waals surface area contributed by atoms with Gasteiger partial charge in [-0.05, 0) is 56.4 Å². The zero-order chi connectivity index (χ0) is 33.9. The summed E-state index contributed by atoms with van der Waals surface area (Å²) in [6, 6.07) is 11.5. The summed E-state index contributed by atoms with van der Waals surface area (Å²) in [6.45, 7) is -0.326. The van der Waals surface area contributed by atoms with Crippen LogP contribution in [0.15, 0.2) is 59.6 Å². The number of alkyl halides is 3. The second-order valence-electron chi connectivity index (χ2n) is 10.6. The molecule has 0 saturated carbocycles. The van der Waals surface area contributed by atoms with Crippen molar-refractivity contribution in [1.82, 2.24) is 19.5 Å². The minimum Gasteiger partial charge on any atom is -0.477 e. The zero-order valence-electron chi connectivity index (χ0n) is 27.3. The molecular formula is C27H32F3N5O4SSi. The largest absolute Gasteiger partial charge is 0.477 e. The van der Waals surface area contributed by atoms with Crippen LogP contribution in [0.5, 0.6) is 5.88 Å². The Balaban J connectivity index is 1.49. The summed E-state index contributed by atoms with van der Waals surface area (Å²) in [5.41, 5.74) is -1.81. The SMILES string of the molecule is [2H]C([2H])([2H])[C@@H]1CN(c2nc(-n3ccc(OCC[Si]4(C(F)(F)F)CC4)n3)ccc2C(=O)NS(=O)(=O)c2ccccc2)C(C)(C)C1([2H])[2H]. The Hall–Kier alpha value is -3.39. The van der Waals surface area contributed by atoms with Crippen LogP contribution in [0.1, 0.15) is 44.3 Å². The lowest BCUT2D eigenvalue weighted by Gasteiger charge is -2.34. The van der Waals surface area contributed by atoms with Gasteiger partial charge in [0.2, 0.25) is 5.88 Å². The summed E-state index contributed by atoms with van der Waals surface area (Å²) in [7, 11) is -7.65. The van der Waals surface area contributed by atoms with E-state index in [2.05, 4.69) is 10.1 Å². The van der Waals surface area contributed by atoms with Gasteiger partial charge in [-0.3, -0.25) is 4.79 Å². The molecule has 3 aromatic rings. The number of halogens is 3. The summed E-state index contributed by atoms with van der Waals surface area (Å²) < 4.78 is 116. The Morgan fingerprint density at radius 3 is 2.59 bits per heavy atom. The Bertz CT molecular complexity index is 1740. The van der Waals surface area contributed by atoms with Crippen molar-refractivity contribution in [3.05, 3.63) is 60.3 Å². The maximum absolute atomic E-state index is 13.5. The molecule has 2 saturated heterocycles. The number of amides is 1. The number of hydrogen-bond donors (Lipinski definition) is 1. The molecular weight excluding hydrogens is 575 g/mol. The number of ether oxygens (including phenoxy) is 1. The minimum absolute atomic E-state index is 0.0337. The number of pyridine rings is 1. The highest BCUT2D eigenvalue weighted by Gasteiger charge is 2.65. The number of benzene rings is 1. The van der Waals surface area contributed by atoms with Crippen LogP contribution >= 0.6 is 0 Å². The van der Waals surface area contributed by atoms with E-state index in [0.29, 0.717) is 0 Å². The molecule has 2 fully saturated rings. The first-order valence-electron chi connectivity index (χ1n) is 15.4. The van der Waals surface area contributed by atoms with E-state index in [1.807, 2.05) is 4.72 Å². The van der Waals surface area contributed by atoms with E-state index in [9.17, 15) is 26.4 Å². The fourth-order valence-electron chi connectivity index (χ4n) is 4.79. The molecule has 2 aliphatic rings. The van der Waals surface area contributed by atoms with Gasteiger partial charge < -0.3 is 9.64 Å². The Labute approximate surface area is 244 Å². The van der Waals surface area contributed by atoms with Crippen molar-refractivity contribution >= 4 is 29.8 Å². The number of sulfonamides is 1. The van der Waals surface area contributed by atoms with Gasteiger partial charge in [-0.25, -0.2) is 22.8 Å². The summed E-state index contributed by atoms with van der Waals surface area (Å²) in [5, 5.41) is 4.23. The number of carbonyl (C=O) groups excluding carboxylic acids is 1. The number of anilines is 1. The number of nitrogens with one attached hydrogen (secondary N) is 1. The molecule has 0 unspecified atom stereocenters. The van der Waals surface area contributed by atoms with Gasteiger partial charge in [0, 0.05) is 31.2 Å². The van der Waals surface area contributed by atoms with E-state index < -0.39 is 54.5 Å². The van der Waals surface area contributed by atoms with Crippen molar-refractivity contribution in [2.45, 2.75) is 61.4 Å². The van der Waals surface area contributed by atoms with Gasteiger partial charge in [0.05, 0.1) is 17.1 Å². The molecule has 0 spiro atoms. The third-order valence-corrected chi connectivity index (χ3v) is 12.7. The lowest BCUT2D eigenvalue weighted by atomic mass is 9.97. The first-order valence-corrected chi connectivity index (χ1v) is 17.0. The van der Waals surface area contributed by atoms with Crippen molar-refractivity contribution in [2.24, 2.45) is 5.92 Å². The smallest absolute Gasteiger partial charge is 0.361 e. The van der Waals surface area contributed by atoms with Crippen molar-refractivity contribution in [3.8, 4) is 11.7 Å². The molecule has 2 aliphatic heterocycles. The van der Waals surface area contributed by atoms with E-state index in [4.69, 9.17) is 11.6 Å². The first-order chi connectivity index (χ1) is 21.2. The molecule has 1 N–H and O–H groups in total. The van der Waals surface area contributed by atoms with Gasteiger partial charge in [-0.1, -0.05) is 37.1 Å². The Morgan fingerprint density at radius 2 is 1.95 bits per heavy atom. The predicted molar refractivity (Wildman–Crippen MR) is 149 cm³/mol. The van der Waals surface area contributed by atoms with Crippen LogP contribution in [0.25, 0.3) is 5.82 Å². The number of carbonyl (C=O) groups is 1. The lowest BCUT2D eigenvalue weighted by molar-refractivity contribution is -0.0539. The Kier molecular flexibility index (Phi) is 5.92. The second-order valence-corrected chi connectivity index (χ2v) is 16.9. The van der Waals surface area contributed by atoms with Crippen LogP contribution in [0, 0.1) is 5.92 Å². The van der Waals surface area contributed by atoms with Crippen LogP contribution in [-0.2, 0) is 10.0 Å². The maximum Gasteiger partial charge on any atom is 0.361 e. The summed E-state index contributed by atoms with van der Waals surface area (Å²) in [4.78, 5) is 19.2. The number of rotatable bonds is 9. The molecule has 1 atom stereocenters. The monoisotopic (exact) mass is 612 g/mol. The van der Waals surface area contributed by atoms with Gasteiger partial charge in [0.25, 0.3) is 15.9 Å². The molecule has 0 radical (unpaired) electrons. The standard InChI is InChI=1S/C27H32F3N5O4SSi/c1-19-17-26(2,3)34(18-19)24-21(25(36)33-40(37,38)20-7-5-4-6-8-20)9-10-22(31-24)35-12-11-23(32-35)39-13-14-41(15-16-41)27(28,29)30/h4-12,19H,13-18H2,1-3H3,(H,33,36)/t19-/m0/s1/i1D3,17D2. The molecule has 14 heteroatoms. The van der Waals surface area contributed by atoms with Crippen LogP contribution in [0.4, 0.5) is 19.0 Å². The fraction of sp³-hybridized carbons (Fsp3) is 0.444. The summed E-state index contributed by atoms with van der Waals surface area (Å²) in [6.07, 6.45) is -0.875. The van der Waals surface area contributed by atoms with E-state index in [0.717, 1.165) is 0 Å². The van der Waals surface area contributed by atoms with E-state index in [1.165, 1.54) is 72.1 Å². The van der Waals surface area contributed by atoms with Gasteiger partial charge in [0.1, 0.15) is 5.82 Å². The summed E-state index contributed by atoms with van der Waals surface area (Å²) >= 11 is 0. The van der Waals surface area contributed by atoms with Crippen LogP contribution in [0.3, 0.4) is 0 Å². The van der Waals surface area contributed by atoms with Crippen molar-refractivity contribution in [2.75, 3.05) is 18.1 Å². The number of hydrogen-bond acceptors (Lipinski definition) is 7. The fourth-order valence-corrected chi connectivity index (χ4v) is 8.82. The number of aromatic nitrogens is 3. The summed E-state index contributed by atoms with van der Waals surface area (Å²) in [5.74, 6) is -6.83. The molecule has 9 nitrogen and oxygen atoms in total. The first kappa shape index (κ1) is 23.2. The Morgan fingerprint density at radius 1 is 1.22 bits per heavy atom. The topological polar surface area (TPSA) is 106 Å². The van der Waals surface area contributed by atoms with Gasteiger partial charge >= 0.3 is 5.80 Å². The zero-order valence-corrected chi connectivity index (χ0v) is 24.1. The lowest BCUT2D eigenvalue weighted by Crippen LogP contribution is -2.41. The highest BCUT2D eigenvalue weighted by Crippen LogP contribution is 2.51. The highest BCUT2D eigenvalue weighted by atomic mass is 32.2. The predicted octanol–water partition coefficient (Wildman–Crippen LogP) is 4.95. The molecule has 0 aliphatic carbocycles. The molecule has 5 rings (SSSR count). The van der Waals surface area contributed by atoms with Crippen molar-refractivity contribution in [1.29, 1.82) is 0 Å². The molecule has 2 aromatic heterocycles. The van der Waals surface area contributed by atoms with Gasteiger partial charge in [-0.2, -0.15) is 13.2 Å². The van der Waals surface area contributed by atoms with Crippen LogP contribution in [-0.4, -0.2) is 61.7 Å². The average molecular weight is 613 g/mol. The highest BCUT2D eigenvalue weighted by molar-refractivity contribution is 7.90. The van der Waals surface area contributed by atoms with E-state index in [-0.39, 0.29) is 59.3 Å². The normalized spacial score (nSPS) is 23.0. The average Bonchev–Trinajstić information content (AvgIpc) is 3.56. The maximum atomic E-state index is 13.5. The van der Waals surface area contributed by atoms with E-state index >= 15 is 0 Å². The quantitative estimate of drug-likeness (QED) is 0.341. The van der Waals surface area contributed by atoms with Gasteiger partial charge in [-0.15, -0.1) is 5.10 Å². The molecule has 220 valence electrons. The van der Waals surface area contributed by atoms with E-state index in [1.54, 1.807) is 6.07 Å². The second kappa shape index (κ2) is 10.5. The third-order valence-electron chi connectivity index (χ3n) is 7.29. The van der Waals surface area contributed by atoms with Crippen LogP contribution < -0.4 is 14.4 Å². The van der Waals surface area contributed by atoms with Crippen molar-refractivity contribution in [3.63, 3.8) is 0 Å². The van der Waals surface area contributed by atoms with Gasteiger partial charge in [0.15, 0.2) is 13.9 Å². The molecule has 41 heavy (non-hydrogen) atoms. The molecule has 0 bridgehead atoms. The molecule has 4 heterocycles. The molecule has 1 amide bonds. The third kappa shape index (κ3) is 5.98.